The molecule has 0 spiro atoms. The first kappa shape index (κ1) is 23.5. The van der Waals surface area contributed by atoms with Gasteiger partial charge in [-0.3, -0.25) is 14.6 Å². The number of carbonyl (C=O) groups is 2. The second-order valence-corrected chi connectivity index (χ2v) is 9.62. The molecule has 1 saturated heterocycles. The average Bonchev–Trinajstić information content (AvgIpc) is 3.21. The molecule has 2 aliphatic rings. The van der Waals surface area contributed by atoms with E-state index >= 15 is 0 Å². The Balaban J connectivity index is 1.61. The van der Waals surface area contributed by atoms with Gasteiger partial charge in [0.05, 0.1) is 5.92 Å². The van der Waals surface area contributed by atoms with Crippen LogP contribution in [0.15, 0.2) is 37.1 Å². The van der Waals surface area contributed by atoms with Crippen LogP contribution in [0.25, 0.3) is 10.9 Å². The van der Waals surface area contributed by atoms with E-state index in [4.69, 9.17) is 0 Å². The van der Waals surface area contributed by atoms with E-state index in [1.54, 1.807) is 0 Å². The molecule has 1 aliphatic carbocycles. The predicted octanol–water partition coefficient (Wildman–Crippen LogP) is 3.19. The van der Waals surface area contributed by atoms with Gasteiger partial charge in [-0.05, 0) is 64.0 Å². The summed E-state index contributed by atoms with van der Waals surface area (Å²) >= 11 is 0. The average molecular weight is 452 g/mol. The number of carbonyl (C=O) groups excluding carboxylic acids is 2. The lowest BCUT2D eigenvalue weighted by atomic mass is 9.72. The van der Waals surface area contributed by atoms with Crippen LogP contribution in [-0.4, -0.2) is 84.5 Å². The monoisotopic (exact) mass is 451 g/mol. The van der Waals surface area contributed by atoms with E-state index in [0.717, 1.165) is 37.9 Å². The third-order valence-corrected chi connectivity index (χ3v) is 7.11. The largest absolute Gasteiger partial charge is 0.361 e. The van der Waals surface area contributed by atoms with Gasteiger partial charge in [0.25, 0.3) is 0 Å². The number of H-pyrrole nitrogens is 1. The third-order valence-electron chi connectivity index (χ3n) is 7.11. The molecule has 2 aromatic rings. The number of urea groups is 1. The minimum Gasteiger partial charge on any atom is -0.361 e. The summed E-state index contributed by atoms with van der Waals surface area (Å²) in [6.07, 6.45) is 6.56. The molecular formula is C26H37N5O2. The van der Waals surface area contributed by atoms with Crippen molar-refractivity contribution in [1.82, 2.24) is 25.0 Å². The molecular weight excluding hydrogens is 414 g/mol. The molecule has 0 saturated carbocycles. The second kappa shape index (κ2) is 10.1. The van der Waals surface area contributed by atoms with Crippen LogP contribution in [0, 0.1) is 5.92 Å². The summed E-state index contributed by atoms with van der Waals surface area (Å²) in [5, 5.41) is 4.16. The zero-order valence-electron chi connectivity index (χ0n) is 20.1. The third kappa shape index (κ3) is 4.70. The Morgan fingerprint density at radius 1 is 1.30 bits per heavy atom. The molecule has 2 heterocycles. The van der Waals surface area contributed by atoms with Gasteiger partial charge in [-0.1, -0.05) is 18.2 Å². The van der Waals surface area contributed by atoms with Crippen LogP contribution >= 0.6 is 0 Å². The Labute approximate surface area is 196 Å². The number of nitrogens with zero attached hydrogens (tertiary/aromatic N) is 3. The summed E-state index contributed by atoms with van der Waals surface area (Å²) < 4.78 is 0. The van der Waals surface area contributed by atoms with Gasteiger partial charge in [0.15, 0.2) is 0 Å². The predicted molar refractivity (Wildman–Crippen MR) is 132 cm³/mol. The minimum atomic E-state index is -0.280. The maximum atomic E-state index is 13.7. The lowest BCUT2D eigenvalue weighted by Gasteiger charge is -2.47. The first-order valence-corrected chi connectivity index (χ1v) is 12.1. The zero-order valence-corrected chi connectivity index (χ0v) is 20.1. The summed E-state index contributed by atoms with van der Waals surface area (Å²) in [6.45, 7) is 9.02. The van der Waals surface area contributed by atoms with E-state index in [1.807, 2.05) is 27.1 Å². The molecule has 1 aromatic carbocycles. The highest BCUT2D eigenvalue weighted by Crippen LogP contribution is 2.45. The molecule has 1 aromatic heterocycles. The van der Waals surface area contributed by atoms with Crippen LogP contribution in [0.1, 0.15) is 36.8 Å². The topological polar surface area (TPSA) is 71.7 Å². The van der Waals surface area contributed by atoms with Gasteiger partial charge in [-0.25, -0.2) is 4.79 Å². The molecule has 2 N–H and O–H groups in total. The molecule has 3 amide bonds. The SMILES string of the molecule is C=CCN1C[C@H](C(=O)N(CCCN(C)C)C(=O)NCC)C[C@H]2c3cccc4[nH]cc(c34)C[C@H]21. The summed E-state index contributed by atoms with van der Waals surface area (Å²) in [5.74, 6) is -0.0133. The van der Waals surface area contributed by atoms with Crippen molar-refractivity contribution in [3.63, 3.8) is 0 Å². The molecule has 7 heteroatoms. The Hall–Kier alpha value is -2.64. The van der Waals surface area contributed by atoms with Gasteiger partial charge in [0.2, 0.25) is 5.91 Å². The number of aromatic nitrogens is 1. The van der Waals surface area contributed by atoms with Gasteiger partial charge in [0.1, 0.15) is 0 Å². The molecule has 0 bridgehead atoms. The maximum Gasteiger partial charge on any atom is 0.324 e. The van der Waals surface area contributed by atoms with Crippen LogP contribution in [-0.2, 0) is 11.2 Å². The number of hydrogen-bond acceptors (Lipinski definition) is 4. The van der Waals surface area contributed by atoms with Gasteiger partial charge >= 0.3 is 6.03 Å². The first-order chi connectivity index (χ1) is 15.9. The molecule has 178 valence electrons. The number of amides is 3. The Bertz CT molecular complexity index is 1010. The van der Waals surface area contributed by atoms with Crippen molar-refractivity contribution in [3.05, 3.63) is 48.2 Å². The smallest absolute Gasteiger partial charge is 0.324 e. The van der Waals surface area contributed by atoms with E-state index in [0.29, 0.717) is 25.7 Å². The summed E-state index contributed by atoms with van der Waals surface area (Å²) in [7, 11) is 4.01. The number of aromatic amines is 1. The highest BCUT2D eigenvalue weighted by molar-refractivity contribution is 5.96. The van der Waals surface area contributed by atoms with Crippen molar-refractivity contribution in [2.24, 2.45) is 5.92 Å². The minimum absolute atomic E-state index is 0.0562. The van der Waals surface area contributed by atoms with Crippen LogP contribution in [0.3, 0.4) is 0 Å². The molecule has 0 unspecified atom stereocenters. The number of benzene rings is 1. The number of nitrogens with one attached hydrogen (secondary N) is 2. The number of rotatable bonds is 8. The number of fused-ring (bicyclic) bond motifs is 2. The molecule has 1 aliphatic heterocycles. The van der Waals surface area contributed by atoms with Crippen LogP contribution < -0.4 is 5.32 Å². The fourth-order valence-electron chi connectivity index (χ4n) is 5.68. The quantitative estimate of drug-likeness (QED) is 0.605. The number of likely N-dealkylation sites (tertiary alicyclic amines) is 1. The highest BCUT2D eigenvalue weighted by atomic mass is 16.2. The molecule has 4 rings (SSSR count). The lowest BCUT2D eigenvalue weighted by Crippen LogP contribution is -2.55. The van der Waals surface area contributed by atoms with Gasteiger partial charge < -0.3 is 15.2 Å². The van der Waals surface area contributed by atoms with Crippen molar-refractivity contribution in [1.29, 1.82) is 0 Å². The standard InChI is InChI=1S/C26H37N5O2/c1-5-11-30-17-19(25(32)31(26(33)27-6-2)13-8-12-29(3)4)14-21-20-9-7-10-22-24(20)18(16-28-22)15-23(21)30/h5,7,9-10,16,19,21,23,28H,1,6,8,11-15,17H2,2-4H3,(H,27,33)/t19-,21+,23-/m1/s1. The van der Waals surface area contributed by atoms with E-state index < -0.39 is 0 Å². The van der Waals surface area contributed by atoms with E-state index in [1.165, 1.54) is 21.4 Å². The van der Waals surface area contributed by atoms with Crippen molar-refractivity contribution in [3.8, 4) is 0 Å². The van der Waals surface area contributed by atoms with Gasteiger partial charge in [-0.2, -0.15) is 0 Å². The summed E-state index contributed by atoms with van der Waals surface area (Å²) in [5.41, 5.74) is 3.84. The number of hydrogen-bond donors (Lipinski definition) is 2. The van der Waals surface area contributed by atoms with E-state index in [9.17, 15) is 9.59 Å². The maximum absolute atomic E-state index is 13.7. The van der Waals surface area contributed by atoms with Crippen LogP contribution in [0.2, 0.25) is 0 Å². The Morgan fingerprint density at radius 3 is 2.85 bits per heavy atom. The molecule has 0 radical (unpaired) electrons. The summed E-state index contributed by atoms with van der Waals surface area (Å²) in [4.78, 5) is 35.9. The Morgan fingerprint density at radius 2 is 2.12 bits per heavy atom. The number of piperidine rings is 1. The molecule has 7 nitrogen and oxygen atoms in total. The fraction of sp³-hybridized carbons (Fsp3) is 0.538. The molecule has 1 fully saturated rings. The zero-order chi connectivity index (χ0) is 23.5. The highest BCUT2D eigenvalue weighted by Gasteiger charge is 2.43. The van der Waals surface area contributed by atoms with Gasteiger partial charge in [-0.15, -0.1) is 6.58 Å². The lowest BCUT2D eigenvalue weighted by molar-refractivity contribution is -0.135. The first-order valence-electron chi connectivity index (χ1n) is 12.1. The van der Waals surface area contributed by atoms with Crippen molar-refractivity contribution < 1.29 is 9.59 Å². The van der Waals surface area contributed by atoms with E-state index in [-0.39, 0.29) is 23.8 Å². The Kier molecular flexibility index (Phi) is 7.20. The fourth-order valence-corrected chi connectivity index (χ4v) is 5.68. The van der Waals surface area contributed by atoms with Crippen LogP contribution in [0.5, 0.6) is 0 Å². The van der Waals surface area contributed by atoms with Crippen molar-refractivity contribution in [2.75, 3.05) is 46.8 Å². The molecule has 33 heavy (non-hydrogen) atoms. The summed E-state index contributed by atoms with van der Waals surface area (Å²) in [6, 6.07) is 6.50. The van der Waals surface area contributed by atoms with Crippen LogP contribution in [0.4, 0.5) is 4.79 Å². The second-order valence-electron chi connectivity index (χ2n) is 9.62. The molecule has 3 atom stereocenters. The number of imide groups is 1. The van der Waals surface area contributed by atoms with Gasteiger partial charge in [0, 0.05) is 55.2 Å². The van der Waals surface area contributed by atoms with Crippen molar-refractivity contribution >= 4 is 22.8 Å². The van der Waals surface area contributed by atoms with E-state index in [2.05, 4.69) is 51.1 Å². The van der Waals surface area contributed by atoms with Crippen molar-refractivity contribution in [2.45, 2.75) is 38.1 Å². The normalized spacial score (nSPS) is 22.2.